The fraction of sp³-hybridized carbons (Fsp3) is 0.360. The second-order valence-electron chi connectivity index (χ2n) is 8.73. The van der Waals surface area contributed by atoms with E-state index in [1.807, 2.05) is 18.2 Å². The van der Waals surface area contributed by atoms with Gasteiger partial charge in [-0.05, 0) is 48.6 Å². The van der Waals surface area contributed by atoms with Gasteiger partial charge in [0.1, 0.15) is 17.3 Å². The topological polar surface area (TPSA) is 120 Å². The van der Waals surface area contributed by atoms with Gasteiger partial charge in [0.15, 0.2) is 5.13 Å². The van der Waals surface area contributed by atoms with Crippen LogP contribution in [0.5, 0.6) is 0 Å². The van der Waals surface area contributed by atoms with Crippen LogP contribution in [0.25, 0.3) is 0 Å². The highest BCUT2D eigenvalue weighted by Crippen LogP contribution is 2.23. The number of anilines is 1. The molecule has 2 aromatic carbocycles. The summed E-state index contributed by atoms with van der Waals surface area (Å²) < 4.78 is 52.8. The highest BCUT2D eigenvalue weighted by molar-refractivity contribution is 7.92. The molecule has 0 saturated carbocycles. The van der Waals surface area contributed by atoms with Crippen molar-refractivity contribution in [2.75, 3.05) is 17.5 Å². The first-order valence-corrected chi connectivity index (χ1v) is 14.3. The van der Waals surface area contributed by atoms with Crippen LogP contribution < -0.4 is 15.4 Å². The molecule has 1 heterocycles. The lowest BCUT2D eigenvalue weighted by Crippen LogP contribution is -2.48. The first-order chi connectivity index (χ1) is 17.4. The number of benzene rings is 2. The number of carbonyl (C=O) groups excluding carboxylic acids is 1. The van der Waals surface area contributed by atoms with Gasteiger partial charge in [0.25, 0.3) is 5.91 Å². The van der Waals surface area contributed by atoms with Crippen molar-refractivity contribution < 1.29 is 27.1 Å². The van der Waals surface area contributed by atoms with Crippen molar-refractivity contribution in [3.63, 3.8) is 0 Å². The molecule has 0 radical (unpaired) electrons. The summed E-state index contributed by atoms with van der Waals surface area (Å²) in [6.45, 7) is 4.24. The molecular formula is C25H30F2N4O4S2. The van der Waals surface area contributed by atoms with Gasteiger partial charge in [-0.25, -0.2) is 22.2 Å². The average molecular weight is 553 g/mol. The molecule has 37 heavy (non-hydrogen) atoms. The molecule has 1 amide bonds. The van der Waals surface area contributed by atoms with Crippen LogP contribution in [0, 0.1) is 18.6 Å². The van der Waals surface area contributed by atoms with Crippen LogP contribution >= 0.6 is 11.3 Å². The van der Waals surface area contributed by atoms with Crippen molar-refractivity contribution in [2.45, 2.75) is 45.4 Å². The number of sulfonamides is 1. The van der Waals surface area contributed by atoms with Crippen LogP contribution in [0.4, 0.5) is 13.9 Å². The van der Waals surface area contributed by atoms with E-state index in [0.29, 0.717) is 11.4 Å². The monoisotopic (exact) mass is 552 g/mol. The van der Waals surface area contributed by atoms with Crippen LogP contribution in [-0.4, -0.2) is 49.4 Å². The molecule has 200 valence electrons. The maximum atomic E-state index is 13.8. The van der Waals surface area contributed by atoms with Gasteiger partial charge < -0.3 is 15.7 Å². The molecule has 8 nitrogen and oxygen atoms in total. The number of carbonyl (C=O) groups is 1. The first kappa shape index (κ1) is 28.6. The second kappa shape index (κ2) is 12.5. The van der Waals surface area contributed by atoms with Crippen LogP contribution in [0.3, 0.4) is 0 Å². The molecule has 0 fully saturated rings. The number of nitrogens with one attached hydrogen (secondary N) is 3. The third kappa shape index (κ3) is 8.85. The number of rotatable bonds is 12. The number of aryl methyl sites for hydroxylation is 2. The summed E-state index contributed by atoms with van der Waals surface area (Å²) in [5, 5.41) is 16.8. The van der Waals surface area contributed by atoms with Crippen molar-refractivity contribution in [1.29, 1.82) is 0 Å². The molecule has 3 rings (SSSR count). The largest absolute Gasteiger partial charge is 0.390 e. The molecule has 4 N–H and O–H groups in total. The molecule has 0 unspecified atom stereocenters. The third-order valence-electron chi connectivity index (χ3n) is 5.53. The fourth-order valence-corrected chi connectivity index (χ4v) is 5.42. The average Bonchev–Trinajstić information content (AvgIpc) is 3.16. The molecule has 1 aromatic heterocycles. The maximum absolute atomic E-state index is 13.8. The van der Waals surface area contributed by atoms with Crippen molar-refractivity contribution in [3.05, 3.63) is 81.4 Å². The van der Waals surface area contributed by atoms with E-state index in [9.17, 15) is 27.1 Å². The van der Waals surface area contributed by atoms with Gasteiger partial charge in [0.05, 0.1) is 18.4 Å². The van der Waals surface area contributed by atoms with E-state index in [0.717, 1.165) is 47.8 Å². The fourth-order valence-electron chi connectivity index (χ4n) is 3.78. The predicted molar refractivity (Wildman–Crippen MR) is 140 cm³/mol. The molecule has 0 aliphatic rings. The molecule has 0 bridgehead atoms. The van der Waals surface area contributed by atoms with E-state index < -0.39 is 39.7 Å². The van der Waals surface area contributed by atoms with Gasteiger partial charge in [-0.15, -0.1) is 11.3 Å². The maximum Gasteiger partial charge on any atom is 0.271 e. The molecule has 2 atom stereocenters. The second-order valence-corrected chi connectivity index (χ2v) is 11.7. The minimum atomic E-state index is -3.58. The Balaban J connectivity index is 1.75. The SMILES string of the molecule is CCc1cccc(CNC[C@@H](O)[C@H](Cc2cc(F)cc(F)c2)NC(=O)c2nc(NS(C)(=O)=O)sc2C)c1. The zero-order valence-electron chi connectivity index (χ0n) is 20.7. The Hall–Kier alpha value is -2.93. The molecule has 0 aliphatic carbocycles. The summed E-state index contributed by atoms with van der Waals surface area (Å²) in [5.41, 5.74) is 2.46. The van der Waals surface area contributed by atoms with Gasteiger partial charge >= 0.3 is 0 Å². The Bertz CT molecular complexity index is 1330. The van der Waals surface area contributed by atoms with E-state index in [1.165, 1.54) is 5.56 Å². The van der Waals surface area contributed by atoms with Crippen molar-refractivity contribution in [1.82, 2.24) is 15.6 Å². The van der Waals surface area contributed by atoms with Crippen LogP contribution in [-0.2, 0) is 29.4 Å². The van der Waals surface area contributed by atoms with Crippen LogP contribution in [0.15, 0.2) is 42.5 Å². The van der Waals surface area contributed by atoms with Gasteiger partial charge in [-0.2, -0.15) is 0 Å². The number of hydrogen-bond acceptors (Lipinski definition) is 7. The summed E-state index contributed by atoms with van der Waals surface area (Å²) in [7, 11) is -3.58. The minimum Gasteiger partial charge on any atom is -0.390 e. The zero-order chi connectivity index (χ0) is 27.2. The van der Waals surface area contributed by atoms with Crippen molar-refractivity contribution in [3.8, 4) is 0 Å². The summed E-state index contributed by atoms with van der Waals surface area (Å²) in [6.07, 6.45) is 0.704. The summed E-state index contributed by atoms with van der Waals surface area (Å²) in [5.74, 6) is -2.18. The summed E-state index contributed by atoms with van der Waals surface area (Å²) in [6, 6.07) is 10.1. The van der Waals surface area contributed by atoms with E-state index in [1.54, 1.807) is 6.92 Å². The highest BCUT2D eigenvalue weighted by atomic mass is 32.2. The van der Waals surface area contributed by atoms with Gasteiger partial charge in [0.2, 0.25) is 10.0 Å². The van der Waals surface area contributed by atoms with Crippen molar-refractivity contribution in [2.24, 2.45) is 0 Å². The van der Waals surface area contributed by atoms with Gasteiger partial charge in [-0.3, -0.25) is 9.52 Å². The molecule has 0 aliphatic heterocycles. The molecular weight excluding hydrogens is 522 g/mol. The lowest BCUT2D eigenvalue weighted by atomic mass is 10.00. The number of thiazole rings is 1. The van der Waals surface area contributed by atoms with Crippen LogP contribution in [0.1, 0.15) is 39.0 Å². The number of aliphatic hydroxyl groups is 1. The Kier molecular flexibility index (Phi) is 9.71. The zero-order valence-corrected chi connectivity index (χ0v) is 22.3. The molecule has 0 spiro atoms. The number of nitrogens with zero attached hydrogens (tertiary/aromatic N) is 1. The Labute approximate surface area is 219 Å². The lowest BCUT2D eigenvalue weighted by Gasteiger charge is -2.25. The Morgan fingerprint density at radius 2 is 1.78 bits per heavy atom. The molecule has 12 heteroatoms. The van der Waals surface area contributed by atoms with E-state index in [4.69, 9.17) is 0 Å². The summed E-state index contributed by atoms with van der Waals surface area (Å²) >= 11 is 0.991. The third-order valence-corrected chi connectivity index (χ3v) is 7.11. The Morgan fingerprint density at radius 1 is 1.11 bits per heavy atom. The Morgan fingerprint density at radius 3 is 2.43 bits per heavy atom. The van der Waals surface area contributed by atoms with Crippen LogP contribution in [0.2, 0.25) is 0 Å². The minimum absolute atomic E-state index is 0.0110. The molecule has 3 aromatic rings. The van der Waals surface area contributed by atoms with Gasteiger partial charge in [-0.1, -0.05) is 31.2 Å². The smallest absolute Gasteiger partial charge is 0.271 e. The predicted octanol–water partition coefficient (Wildman–Crippen LogP) is 3.16. The number of aliphatic hydroxyl groups excluding tert-OH is 1. The van der Waals surface area contributed by atoms with E-state index >= 15 is 0 Å². The number of aromatic nitrogens is 1. The number of amides is 1. The highest BCUT2D eigenvalue weighted by Gasteiger charge is 2.25. The number of halogens is 2. The molecule has 0 saturated heterocycles. The normalized spacial score (nSPS) is 13.2. The quantitative estimate of drug-likeness (QED) is 0.274. The lowest BCUT2D eigenvalue weighted by molar-refractivity contribution is 0.0825. The van der Waals surface area contributed by atoms with E-state index in [-0.39, 0.29) is 29.4 Å². The van der Waals surface area contributed by atoms with Crippen molar-refractivity contribution >= 4 is 32.4 Å². The number of hydrogen-bond donors (Lipinski definition) is 4. The van der Waals surface area contributed by atoms with E-state index in [2.05, 4.69) is 33.3 Å². The first-order valence-electron chi connectivity index (χ1n) is 11.6. The van der Waals surface area contributed by atoms with Gasteiger partial charge in [0, 0.05) is 24.0 Å². The summed E-state index contributed by atoms with van der Waals surface area (Å²) in [4.78, 5) is 17.5. The standard InChI is InChI=1S/C25H30F2N4O4S2/c1-4-16-6-5-7-17(8-16)13-28-14-22(32)21(11-18-9-19(26)12-20(27)10-18)29-24(33)23-15(2)36-25(30-23)31-37(3,34)35/h5-10,12,21-22,28,32H,4,11,13-14H2,1-3H3,(H,29,33)(H,30,31)/t21-,22+/m0/s1.